The number of alkyl halides is 4. The largest absolute Gasteiger partial charge is 0.381 e. The number of aliphatic hydroxyl groups excluding tert-OH is 1. The van der Waals surface area contributed by atoms with Crippen LogP contribution in [0.1, 0.15) is 27.7 Å². The van der Waals surface area contributed by atoms with E-state index in [0.717, 1.165) is 0 Å². The molecule has 0 amide bonds. The molecule has 0 saturated heterocycles. The van der Waals surface area contributed by atoms with Crippen molar-refractivity contribution in [3.05, 3.63) is 59.3 Å². The van der Waals surface area contributed by atoms with Gasteiger partial charge in [-0.25, -0.2) is 22.2 Å². The van der Waals surface area contributed by atoms with Crippen LogP contribution >= 0.6 is 0 Å². The number of aromatic nitrogens is 2. The van der Waals surface area contributed by atoms with Crippen molar-refractivity contribution < 1.29 is 27.5 Å². The van der Waals surface area contributed by atoms with Gasteiger partial charge in [0.1, 0.15) is 12.0 Å². The van der Waals surface area contributed by atoms with Gasteiger partial charge in [-0.3, -0.25) is 4.79 Å². The Morgan fingerprint density at radius 2 is 1.88 bits per heavy atom. The zero-order valence-corrected chi connectivity index (χ0v) is 13.3. The molecular formula is C18H14F4N2O2. The summed E-state index contributed by atoms with van der Waals surface area (Å²) in [5, 5.41) is 14.0. The van der Waals surface area contributed by atoms with Crippen molar-refractivity contribution >= 4 is 17.2 Å². The molecule has 1 N–H and O–H groups in total. The molecule has 0 radical (unpaired) electrons. The number of carbonyl (C=O) groups excluding carboxylic acids is 1. The topological polar surface area (TPSA) is 55.1 Å². The second kappa shape index (κ2) is 7.25. The minimum absolute atomic E-state index is 0.196. The van der Waals surface area contributed by atoms with E-state index in [-0.39, 0.29) is 16.6 Å². The van der Waals surface area contributed by atoms with E-state index in [1.807, 2.05) is 0 Å². The zero-order valence-electron chi connectivity index (χ0n) is 13.3. The van der Waals surface area contributed by atoms with Gasteiger partial charge in [-0.1, -0.05) is 12.1 Å². The molecule has 4 nitrogen and oxygen atoms in total. The monoisotopic (exact) mass is 366 g/mol. The number of nitrogens with zero attached hydrogens (tertiary/aromatic N) is 2. The Morgan fingerprint density at radius 3 is 2.54 bits per heavy atom. The van der Waals surface area contributed by atoms with Gasteiger partial charge in [-0.2, -0.15) is 5.10 Å². The number of benzene rings is 2. The first-order chi connectivity index (χ1) is 12.4. The maximum absolute atomic E-state index is 13.0. The van der Waals surface area contributed by atoms with Crippen LogP contribution in [0.2, 0.25) is 0 Å². The summed E-state index contributed by atoms with van der Waals surface area (Å²) >= 11 is 0. The van der Waals surface area contributed by atoms with Crippen LogP contribution < -0.4 is 0 Å². The Hall–Kier alpha value is -2.74. The van der Waals surface area contributed by atoms with Crippen LogP contribution in [-0.4, -0.2) is 34.0 Å². The highest BCUT2D eigenvalue weighted by atomic mass is 19.3. The summed E-state index contributed by atoms with van der Waals surface area (Å²) in [6.45, 7) is 0. The maximum Gasteiger partial charge on any atom is 0.269 e. The average molecular weight is 366 g/mol. The lowest BCUT2D eigenvalue weighted by atomic mass is 10.1. The summed E-state index contributed by atoms with van der Waals surface area (Å²) in [4.78, 5) is 11.0. The molecule has 0 spiro atoms. The van der Waals surface area contributed by atoms with Crippen LogP contribution in [0.3, 0.4) is 0 Å². The molecule has 1 atom stereocenters. The van der Waals surface area contributed by atoms with Crippen molar-refractivity contribution in [2.45, 2.75) is 25.4 Å². The summed E-state index contributed by atoms with van der Waals surface area (Å²) in [6, 6.07) is 10.5. The first kappa shape index (κ1) is 18.1. The number of hydrogen-bond donors (Lipinski definition) is 1. The third-order valence-electron chi connectivity index (χ3n) is 3.93. The van der Waals surface area contributed by atoms with E-state index in [0.29, 0.717) is 23.1 Å². The average Bonchev–Trinajstić information content (AvgIpc) is 2.99. The summed E-state index contributed by atoms with van der Waals surface area (Å²) in [6.07, 6.45) is -7.62. The molecule has 26 heavy (non-hydrogen) atoms. The lowest BCUT2D eigenvalue weighted by molar-refractivity contribution is -0.00760. The summed E-state index contributed by atoms with van der Waals surface area (Å²) in [5.41, 5.74) is 1.09. The molecule has 1 unspecified atom stereocenters. The third-order valence-corrected chi connectivity index (χ3v) is 3.93. The van der Waals surface area contributed by atoms with Crippen LogP contribution in [0.15, 0.2) is 42.5 Å². The summed E-state index contributed by atoms with van der Waals surface area (Å²) in [5.74, 6) is 0. The third kappa shape index (κ3) is 3.45. The van der Waals surface area contributed by atoms with Crippen LogP contribution in [0.5, 0.6) is 0 Å². The smallest absolute Gasteiger partial charge is 0.269 e. The highest BCUT2D eigenvalue weighted by molar-refractivity contribution is 5.90. The molecule has 1 heterocycles. The van der Waals surface area contributed by atoms with Crippen molar-refractivity contribution in [1.29, 1.82) is 0 Å². The van der Waals surface area contributed by atoms with Gasteiger partial charge in [0.2, 0.25) is 6.43 Å². The number of fused-ring (bicyclic) bond motifs is 1. The SMILES string of the molecule is O=Cc1ccc2c(c1)c(C(O)C(F)F)nn2-c1cccc(CC(F)F)c1. The fourth-order valence-corrected chi connectivity index (χ4v) is 2.76. The van der Waals surface area contributed by atoms with Crippen LogP contribution in [-0.2, 0) is 6.42 Å². The number of hydrogen-bond acceptors (Lipinski definition) is 3. The Kier molecular flexibility index (Phi) is 5.03. The van der Waals surface area contributed by atoms with E-state index in [9.17, 15) is 27.5 Å². The molecule has 2 aromatic carbocycles. The van der Waals surface area contributed by atoms with E-state index in [4.69, 9.17) is 0 Å². The fourth-order valence-electron chi connectivity index (χ4n) is 2.76. The quantitative estimate of drug-likeness (QED) is 0.531. The van der Waals surface area contributed by atoms with Gasteiger partial charge in [0, 0.05) is 17.4 Å². The molecule has 0 aliphatic carbocycles. The minimum Gasteiger partial charge on any atom is -0.381 e. The second-order valence-corrected chi connectivity index (χ2v) is 5.74. The predicted octanol–water partition coefficient (Wildman–Crippen LogP) is 3.94. The molecule has 0 aliphatic rings. The molecule has 3 rings (SSSR count). The van der Waals surface area contributed by atoms with Crippen molar-refractivity contribution in [3.8, 4) is 5.69 Å². The molecule has 1 aromatic heterocycles. The zero-order chi connectivity index (χ0) is 18.8. The molecule has 0 bridgehead atoms. The normalized spacial score (nSPS) is 12.9. The highest BCUT2D eigenvalue weighted by Crippen LogP contribution is 2.30. The molecule has 3 aromatic rings. The Labute approximate surface area is 145 Å². The Balaban J connectivity index is 2.19. The van der Waals surface area contributed by atoms with Gasteiger partial charge in [-0.15, -0.1) is 0 Å². The second-order valence-electron chi connectivity index (χ2n) is 5.74. The number of rotatable bonds is 6. The lowest BCUT2D eigenvalue weighted by Crippen LogP contribution is -2.10. The van der Waals surface area contributed by atoms with E-state index in [1.54, 1.807) is 12.1 Å². The Bertz CT molecular complexity index is 940. The standard InChI is InChI=1S/C18H14F4N2O2/c19-15(20)8-10-2-1-3-12(6-10)24-14-5-4-11(9-25)7-13(14)16(23-24)17(26)18(21)22/h1-7,9,15,17-18,26H,8H2. The van der Waals surface area contributed by atoms with E-state index in [1.165, 1.54) is 35.0 Å². The number of carbonyl (C=O) groups is 1. The molecular weight excluding hydrogens is 352 g/mol. The maximum atomic E-state index is 13.0. The van der Waals surface area contributed by atoms with Crippen molar-refractivity contribution in [3.63, 3.8) is 0 Å². The number of aliphatic hydroxyl groups is 1. The van der Waals surface area contributed by atoms with Crippen LogP contribution in [0.25, 0.3) is 16.6 Å². The molecule has 136 valence electrons. The van der Waals surface area contributed by atoms with Crippen LogP contribution in [0.4, 0.5) is 17.6 Å². The van der Waals surface area contributed by atoms with E-state index in [2.05, 4.69) is 5.10 Å². The van der Waals surface area contributed by atoms with Gasteiger partial charge >= 0.3 is 0 Å². The summed E-state index contributed by atoms with van der Waals surface area (Å²) in [7, 11) is 0. The molecule has 0 saturated carbocycles. The fraction of sp³-hybridized carbons (Fsp3) is 0.222. The minimum atomic E-state index is -3.06. The highest BCUT2D eigenvalue weighted by Gasteiger charge is 2.26. The van der Waals surface area contributed by atoms with Crippen molar-refractivity contribution in [1.82, 2.24) is 9.78 Å². The molecule has 0 aliphatic heterocycles. The molecule has 8 heteroatoms. The van der Waals surface area contributed by atoms with Gasteiger partial charge in [0.25, 0.3) is 6.43 Å². The van der Waals surface area contributed by atoms with E-state index < -0.39 is 25.4 Å². The van der Waals surface area contributed by atoms with Gasteiger partial charge in [0.05, 0.1) is 11.2 Å². The van der Waals surface area contributed by atoms with Crippen LogP contribution in [0, 0.1) is 0 Å². The van der Waals surface area contributed by atoms with Gasteiger partial charge in [-0.05, 0) is 35.9 Å². The van der Waals surface area contributed by atoms with E-state index >= 15 is 0 Å². The van der Waals surface area contributed by atoms with Crippen molar-refractivity contribution in [2.24, 2.45) is 0 Å². The first-order valence-corrected chi connectivity index (χ1v) is 7.72. The Morgan fingerprint density at radius 1 is 1.12 bits per heavy atom. The lowest BCUT2D eigenvalue weighted by Gasteiger charge is -2.07. The number of halogens is 4. The predicted molar refractivity (Wildman–Crippen MR) is 87.1 cm³/mol. The van der Waals surface area contributed by atoms with Crippen molar-refractivity contribution in [2.75, 3.05) is 0 Å². The molecule has 0 fully saturated rings. The number of aldehydes is 1. The van der Waals surface area contributed by atoms with Gasteiger partial charge in [0.15, 0.2) is 6.10 Å². The first-order valence-electron chi connectivity index (χ1n) is 7.72. The summed E-state index contributed by atoms with van der Waals surface area (Å²) < 4.78 is 52.5. The van der Waals surface area contributed by atoms with Gasteiger partial charge < -0.3 is 5.11 Å².